The molecule has 0 bridgehead atoms. The summed E-state index contributed by atoms with van der Waals surface area (Å²) in [5.41, 5.74) is 1.36. The number of hydrogen-bond donors (Lipinski definition) is 0. The van der Waals surface area contributed by atoms with Crippen molar-refractivity contribution < 1.29 is 16.9 Å². The van der Waals surface area contributed by atoms with Crippen LogP contribution < -0.4 is 12.4 Å². The predicted molar refractivity (Wildman–Crippen MR) is 61.7 cm³/mol. The molecule has 1 rings (SSSR count). The maximum atomic E-state index is 3.92. The number of benzene rings is 1. The predicted octanol–water partition coefficient (Wildman–Crippen LogP) is 0.189. The van der Waals surface area contributed by atoms with E-state index in [1.165, 1.54) is 5.56 Å². The lowest BCUT2D eigenvalue weighted by atomic mass is 10.1. The first-order chi connectivity index (χ1) is 6.58. The van der Waals surface area contributed by atoms with E-state index in [4.69, 9.17) is 0 Å². The maximum absolute atomic E-state index is 3.92. The largest absolute Gasteiger partial charge is 1.00 e. The first kappa shape index (κ1) is 14.2. The van der Waals surface area contributed by atoms with Crippen molar-refractivity contribution in [2.75, 3.05) is 7.05 Å². The third-order valence-corrected chi connectivity index (χ3v) is 2.96. The molecule has 1 unspecified atom stereocenters. The SMILES string of the molecule is C=C[N+](C)(Cc1ccccc1)C(C)C.[Cl-]. The van der Waals surface area contributed by atoms with Crippen molar-refractivity contribution in [3.63, 3.8) is 0 Å². The number of rotatable bonds is 4. The molecule has 0 fully saturated rings. The Morgan fingerprint density at radius 1 is 1.27 bits per heavy atom. The highest BCUT2D eigenvalue weighted by Crippen LogP contribution is 2.16. The van der Waals surface area contributed by atoms with Gasteiger partial charge in [-0.15, -0.1) is 0 Å². The van der Waals surface area contributed by atoms with Crippen molar-refractivity contribution in [1.82, 2.24) is 0 Å². The summed E-state index contributed by atoms with van der Waals surface area (Å²) >= 11 is 0. The molecule has 0 N–H and O–H groups in total. The minimum absolute atomic E-state index is 0. The first-order valence-corrected chi connectivity index (χ1v) is 5.11. The van der Waals surface area contributed by atoms with Gasteiger partial charge in [0.25, 0.3) is 0 Å². The van der Waals surface area contributed by atoms with E-state index in [1.807, 2.05) is 6.20 Å². The monoisotopic (exact) mass is 225 g/mol. The third kappa shape index (κ3) is 3.69. The van der Waals surface area contributed by atoms with Gasteiger partial charge in [-0.25, -0.2) is 0 Å². The van der Waals surface area contributed by atoms with Gasteiger partial charge in [0.15, 0.2) is 0 Å². The molecule has 0 aliphatic rings. The molecule has 0 aliphatic carbocycles. The lowest BCUT2D eigenvalue weighted by Crippen LogP contribution is -3.00. The van der Waals surface area contributed by atoms with Crippen LogP contribution in [0, 0.1) is 0 Å². The van der Waals surface area contributed by atoms with Crippen LogP contribution in [0.1, 0.15) is 19.4 Å². The van der Waals surface area contributed by atoms with E-state index in [1.54, 1.807) is 0 Å². The average Bonchev–Trinajstić information content (AvgIpc) is 2.19. The molecule has 1 aromatic carbocycles. The first-order valence-electron chi connectivity index (χ1n) is 5.11. The standard InChI is InChI=1S/C13H20N.ClH/c1-5-14(4,12(2)3)11-13-9-7-6-8-10-13;/h5-10,12H,1,11H2,2-4H3;1H/q+1;/p-1. The van der Waals surface area contributed by atoms with Crippen LogP contribution in [0.5, 0.6) is 0 Å². The van der Waals surface area contributed by atoms with Crippen molar-refractivity contribution in [3.05, 3.63) is 48.7 Å². The van der Waals surface area contributed by atoms with Crippen molar-refractivity contribution in [2.24, 2.45) is 0 Å². The Kier molecular flexibility index (Phi) is 5.63. The van der Waals surface area contributed by atoms with Crippen LogP contribution in [0.15, 0.2) is 43.1 Å². The zero-order chi connectivity index (χ0) is 10.6. The van der Waals surface area contributed by atoms with Crippen molar-refractivity contribution in [1.29, 1.82) is 0 Å². The Balaban J connectivity index is 0.00000196. The molecule has 84 valence electrons. The number of quaternary nitrogens is 1. The van der Waals surface area contributed by atoms with E-state index in [2.05, 4.69) is 57.8 Å². The normalized spacial score (nSPS) is 14.1. The summed E-state index contributed by atoms with van der Waals surface area (Å²) in [6.07, 6.45) is 2.03. The quantitative estimate of drug-likeness (QED) is 0.642. The van der Waals surface area contributed by atoms with Crippen molar-refractivity contribution in [3.8, 4) is 0 Å². The summed E-state index contributed by atoms with van der Waals surface area (Å²) in [7, 11) is 2.21. The summed E-state index contributed by atoms with van der Waals surface area (Å²) in [6.45, 7) is 9.39. The van der Waals surface area contributed by atoms with Gasteiger partial charge in [-0.2, -0.15) is 0 Å². The molecule has 0 saturated heterocycles. The van der Waals surface area contributed by atoms with Crippen LogP contribution in [-0.2, 0) is 6.54 Å². The number of nitrogens with zero attached hydrogens (tertiary/aromatic N) is 1. The molecule has 0 radical (unpaired) electrons. The lowest BCUT2D eigenvalue weighted by molar-refractivity contribution is -0.894. The minimum Gasteiger partial charge on any atom is -1.00 e. The summed E-state index contributed by atoms with van der Waals surface area (Å²) in [5, 5.41) is 0. The summed E-state index contributed by atoms with van der Waals surface area (Å²) in [6, 6.07) is 11.1. The average molecular weight is 226 g/mol. The molecule has 2 heteroatoms. The van der Waals surface area contributed by atoms with E-state index in [-0.39, 0.29) is 12.4 Å². The Morgan fingerprint density at radius 2 is 1.80 bits per heavy atom. The fraction of sp³-hybridized carbons (Fsp3) is 0.385. The zero-order valence-electron chi connectivity index (χ0n) is 9.78. The Morgan fingerprint density at radius 3 is 2.20 bits per heavy atom. The molecule has 15 heavy (non-hydrogen) atoms. The zero-order valence-corrected chi connectivity index (χ0v) is 10.5. The van der Waals surface area contributed by atoms with Gasteiger partial charge in [-0.3, -0.25) is 4.48 Å². The molecule has 0 aliphatic heterocycles. The molecule has 1 atom stereocenters. The summed E-state index contributed by atoms with van der Waals surface area (Å²) < 4.78 is 0.879. The summed E-state index contributed by atoms with van der Waals surface area (Å²) in [5.74, 6) is 0. The van der Waals surface area contributed by atoms with E-state index in [0.29, 0.717) is 6.04 Å². The van der Waals surface area contributed by atoms with Gasteiger partial charge in [-0.1, -0.05) is 30.3 Å². The Labute approximate surface area is 99.4 Å². The molecular weight excluding hydrogens is 206 g/mol. The molecule has 0 saturated carbocycles. The van der Waals surface area contributed by atoms with Crippen LogP contribution in [0.25, 0.3) is 0 Å². The van der Waals surface area contributed by atoms with E-state index < -0.39 is 0 Å². The number of halogens is 1. The Hall–Kier alpha value is -0.790. The van der Waals surface area contributed by atoms with Gasteiger partial charge in [-0.05, 0) is 20.4 Å². The van der Waals surface area contributed by atoms with Crippen LogP contribution in [0.3, 0.4) is 0 Å². The van der Waals surface area contributed by atoms with E-state index in [9.17, 15) is 0 Å². The fourth-order valence-electron chi connectivity index (χ4n) is 1.43. The third-order valence-electron chi connectivity index (χ3n) is 2.96. The molecule has 0 amide bonds. The molecular formula is C13H20ClN. The van der Waals surface area contributed by atoms with E-state index in [0.717, 1.165) is 11.0 Å². The Bertz CT molecular complexity index is 295. The van der Waals surface area contributed by atoms with Gasteiger partial charge < -0.3 is 12.4 Å². The van der Waals surface area contributed by atoms with Crippen LogP contribution in [-0.4, -0.2) is 17.6 Å². The van der Waals surface area contributed by atoms with Crippen molar-refractivity contribution >= 4 is 0 Å². The fourth-order valence-corrected chi connectivity index (χ4v) is 1.43. The van der Waals surface area contributed by atoms with Gasteiger partial charge in [0.05, 0.1) is 19.3 Å². The van der Waals surface area contributed by atoms with Gasteiger partial charge in [0.2, 0.25) is 0 Å². The highest BCUT2D eigenvalue weighted by atomic mass is 35.5. The highest BCUT2D eigenvalue weighted by molar-refractivity contribution is 5.13. The van der Waals surface area contributed by atoms with Crippen LogP contribution in [0.2, 0.25) is 0 Å². The van der Waals surface area contributed by atoms with Crippen LogP contribution >= 0.6 is 0 Å². The molecule has 0 heterocycles. The molecule has 0 aromatic heterocycles. The molecule has 1 nitrogen and oxygen atoms in total. The van der Waals surface area contributed by atoms with Gasteiger partial charge in [0.1, 0.15) is 6.54 Å². The highest BCUT2D eigenvalue weighted by Gasteiger charge is 2.22. The number of hydrogen-bond acceptors (Lipinski definition) is 0. The second kappa shape index (κ2) is 5.94. The van der Waals surface area contributed by atoms with Crippen molar-refractivity contribution in [2.45, 2.75) is 26.4 Å². The van der Waals surface area contributed by atoms with E-state index >= 15 is 0 Å². The second-order valence-electron chi connectivity index (χ2n) is 4.27. The molecule has 0 spiro atoms. The van der Waals surface area contributed by atoms with Gasteiger partial charge in [0, 0.05) is 5.56 Å². The maximum Gasteiger partial charge on any atom is 0.109 e. The second-order valence-corrected chi connectivity index (χ2v) is 4.27. The lowest BCUT2D eigenvalue weighted by Gasteiger charge is -2.34. The summed E-state index contributed by atoms with van der Waals surface area (Å²) in [4.78, 5) is 0. The topological polar surface area (TPSA) is 0 Å². The van der Waals surface area contributed by atoms with Gasteiger partial charge >= 0.3 is 0 Å². The smallest absolute Gasteiger partial charge is 0.109 e. The van der Waals surface area contributed by atoms with Crippen LogP contribution in [0.4, 0.5) is 0 Å². The molecule has 1 aromatic rings. The minimum atomic E-state index is 0.